The van der Waals surface area contributed by atoms with Crippen molar-refractivity contribution in [1.82, 2.24) is 5.32 Å². The molecule has 0 aliphatic heterocycles. The normalized spacial score (nSPS) is 11.9. The van der Waals surface area contributed by atoms with Crippen LogP contribution in [-0.2, 0) is 22.5 Å². The van der Waals surface area contributed by atoms with Crippen molar-refractivity contribution >= 4 is 34.8 Å². The molecule has 1 amide bonds. The van der Waals surface area contributed by atoms with Gasteiger partial charge in [-0.3, -0.25) is 4.79 Å². The van der Waals surface area contributed by atoms with E-state index in [4.69, 9.17) is 21.1 Å². The maximum absolute atomic E-state index is 13.0. The zero-order chi connectivity index (χ0) is 26.2. The number of thiophene rings is 1. The second kappa shape index (κ2) is 12.9. The van der Waals surface area contributed by atoms with Crippen molar-refractivity contribution in [3.8, 4) is 16.2 Å². The lowest BCUT2D eigenvalue weighted by molar-refractivity contribution is -0.153. The molecule has 2 N–H and O–H groups in total. The van der Waals surface area contributed by atoms with E-state index in [-0.39, 0.29) is 25.0 Å². The number of aliphatic carboxylic acids is 1. The number of amides is 1. The minimum atomic E-state index is -1.00. The highest BCUT2D eigenvalue weighted by atomic mass is 35.5. The Bertz CT molecular complexity index is 1210. The number of ether oxygens (including phenoxy) is 2. The number of hydrogen-bond donors (Lipinski definition) is 2. The first-order valence-corrected chi connectivity index (χ1v) is 13.2. The molecule has 6 nitrogen and oxygen atoms in total. The maximum Gasteiger partial charge on any atom is 0.333 e. The third-order valence-corrected chi connectivity index (χ3v) is 6.79. The average Bonchev–Trinajstić information content (AvgIpc) is 3.26. The number of hydrogen-bond acceptors (Lipinski definition) is 5. The van der Waals surface area contributed by atoms with Gasteiger partial charge in [-0.05, 0) is 79.1 Å². The van der Waals surface area contributed by atoms with E-state index in [1.807, 2.05) is 45.9 Å². The topological polar surface area (TPSA) is 84.9 Å². The molecule has 1 heterocycles. The largest absolute Gasteiger partial charge is 0.494 e. The van der Waals surface area contributed by atoms with Crippen LogP contribution < -0.4 is 10.1 Å². The molecule has 0 bridgehead atoms. The third kappa shape index (κ3) is 7.56. The molecule has 192 valence electrons. The lowest BCUT2D eigenvalue weighted by Crippen LogP contribution is -2.29. The summed E-state index contributed by atoms with van der Waals surface area (Å²) in [4.78, 5) is 25.7. The molecule has 3 rings (SSSR count). The van der Waals surface area contributed by atoms with E-state index < -0.39 is 12.1 Å². The number of benzene rings is 2. The highest BCUT2D eigenvalue weighted by Gasteiger charge is 2.21. The van der Waals surface area contributed by atoms with Gasteiger partial charge < -0.3 is 19.9 Å². The van der Waals surface area contributed by atoms with E-state index in [0.29, 0.717) is 22.9 Å². The van der Waals surface area contributed by atoms with Gasteiger partial charge in [0.15, 0.2) is 6.10 Å². The van der Waals surface area contributed by atoms with Gasteiger partial charge in [-0.1, -0.05) is 36.7 Å². The SMILES string of the molecule is CCCOc1ccc(C(=O)NCc2cc(CC(OC(C)C)C(=O)O)ccc2-c2cc(C)cs2)c(Cl)c1. The van der Waals surface area contributed by atoms with Crippen molar-refractivity contribution in [3.05, 3.63) is 75.1 Å². The molecule has 0 aliphatic carbocycles. The number of carbonyl (C=O) groups excluding carboxylic acids is 1. The van der Waals surface area contributed by atoms with E-state index >= 15 is 0 Å². The van der Waals surface area contributed by atoms with Crippen LogP contribution >= 0.6 is 22.9 Å². The highest BCUT2D eigenvalue weighted by Crippen LogP contribution is 2.31. The second-order valence-corrected chi connectivity index (χ2v) is 10.2. The van der Waals surface area contributed by atoms with Crippen LogP contribution in [-0.4, -0.2) is 35.8 Å². The summed E-state index contributed by atoms with van der Waals surface area (Å²) < 4.78 is 11.2. The van der Waals surface area contributed by atoms with Crippen LogP contribution in [0.4, 0.5) is 0 Å². The standard InChI is InChI=1S/C28H32ClNO5S/c1-5-10-34-21-7-9-23(24(29)14-21)27(31)30-15-20-12-19(13-25(28(32)33)35-17(2)3)6-8-22(20)26-11-18(4)16-36-26/h6-9,11-12,14,16-17,25H,5,10,13,15H2,1-4H3,(H,30,31)(H,32,33). The molecule has 1 aromatic heterocycles. The van der Waals surface area contributed by atoms with Gasteiger partial charge in [0.1, 0.15) is 5.75 Å². The maximum atomic E-state index is 13.0. The Labute approximate surface area is 221 Å². The number of carbonyl (C=O) groups is 2. The Morgan fingerprint density at radius 1 is 1.14 bits per heavy atom. The fraction of sp³-hybridized carbons (Fsp3) is 0.357. The van der Waals surface area contributed by atoms with Crippen molar-refractivity contribution in [2.45, 2.75) is 59.3 Å². The lowest BCUT2D eigenvalue weighted by atomic mass is 9.98. The summed E-state index contributed by atoms with van der Waals surface area (Å²) in [6.45, 7) is 8.51. The van der Waals surface area contributed by atoms with Crippen molar-refractivity contribution in [2.75, 3.05) is 6.61 Å². The van der Waals surface area contributed by atoms with E-state index in [9.17, 15) is 14.7 Å². The van der Waals surface area contributed by atoms with E-state index in [0.717, 1.165) is 33.6 Å². The minimum absolute atomic E-state index is 0.207. The predicted octanol–water partition coefficient (Wildman–Crippen LogP) is 6.52. The van der Waals surface area contributed by atoms with Crippen LogP contribution in [0.25, 0.3) is 10.4 Å². The fourth-order valence-electron chi connectivity index (χ4n) is 3.73. The Morgan fingerprint density at radius 3 is 2.53 bits per heavy atom. The number of carboxylic acids is 1. The van der Waals surface area contributed by atoms with Gasteiger partial charge in [0, 0.05) is 17.8 Å². The zero-order valence-electron chi connectivity index (χ0n) is 21.0. The van der Waals surface area contributed by atoms with Gasteiger partial charge in [0.2, 0.25) is 0 Å². The monoisotopic (exact) mass is 529 g/mol. The molecule has 8 heteroatoms. The Morgan fingerprint density at radius 2 is 1.92 bits per heavy atom. The summed E-state index contributed by atoms with van der Waals surface area (Å²) in [5, 5.41) is 14.9. The zero-order valence-corrected chi connectivity index (χ0v) is 22.5. The average molecular weight is 530 g/mol. The second-order valence-electron chi connectivity index (χ2n) is 8.87. The van der Waals surface area contributed by atoms with Gasteiger partial charge in [0.25, 0.3) is 5.91 Å². The van der Waals surface area contributed by atoms with Crippen LogP contribution in [0.3, 0.4) is 0 Å². The fourth-order valence-corrected chi connectivity index (χ4v) is 4.95. The molecule has 0 fully saturated rings. The summed E-state index contributed by atoms with van der Waals surface area (Å²) in [6, 6.07) is 13.0. The highest BCUT2D eigenvalue weighted by molar-refractivity contribution is 7.13. The summed E-state index contributed by atoms with van der Waals surface area (Å²) in [6.07, 6.45) is -0.0540. The number of carboxylic acid groups (broad SMARTS) is 1. The summed E-state index contributed by atoms with van der Waals surface area (Å²) in [5.74, 6) is -0.678. The van der Waals surface area contributed by atoms with Gasteiger partial charge >= 0.3 is 5.97 Å². The van der Waals surface area contributed by atoms with Gasteiger partial charge in [-0.2, -0.15) is 0 Å². The molecule has 0 saturated carbocycles. The van der Waals surface area contributed by atoms with E-state index in [2.05, 4.69) is 16.8 Å². The minimum Gasteiger partial charge on any atom is -0.494 e. The van der Waals surface area contributed by atoms with Crippen LogP contribution in [0.5, 0.6) is 5.75 Å². The van der Waals surface area contributed by atoms with Gasteiger partial charge in [-0.25, -0.2) is 4.79 Å². The molecule has 1 atom stereocenters. The Balaban J connectivity index is 1.83. The molecule has 2 aromatic carbocycles. The van der Waals surface area contributed by atoms with Crippen molar-refractivity contribution < 1.29 is 24.2 Å². The molecular weight excluding hydrogens is 498 g/mol. The Hall–Kier alpha value is -2.87. The smallest absolute Gasteiger partial charge is 0.333 e. The molecule has 0 aliphatic rings. The quantitative estimate of drug-likeness (QED) is 0.279. The molecule has 1 unspecified atom stereocenters. The van der Waals surface area contributed by atoms with E-state index in [1.165, 1.54) is 0 Å². The molecule has 0 saturated heterocycles. The van der Waals surface area contributed by atoms with Crippen molar-refractivity contribution in [3.63, 3.8) is 0 Å². The van der Waals surface area contributed by atoms with Crippen molar-refractivity contribution in [2.24, 2.45) is 0 Å². The summed E-state index contributed by atoms with van der Waals surface area (Å²) in [7, 11) is 0. The lowest BCUT2D eigenvalue weighted by Gasteiger charge is -2.18. The molecule has 0 radical (unpaired) electrons. The first kappa shape index (κ1) is 27.7. The first-order valence-electron chi connectivity index (χ1n) is 11.9. The van der Waals surface area contributed by atoms with Gasteiger partial charge in [-0.15, -0.1) is 11.3 Å². The Kier molecular flexibility index (Phi) is 9.93. The molecule has 36 heavy (non-hydrogen) atoms. The third-order valence-electron chi connectivity index (χ3n) is 5.40. The first-order chi connectivity index (χ1) is 17.2. The van der Waals surface area contributed by atoms with Crippen LogP contribution in [0.15, 0.2) is 47.8 Å². The molecular formula is C28H32ClNO5S. The van der Waals surface area contributed by atoms with Gasteiger partial charge in [0.05, 0.1) is 23.3 Å². The molecule has 0 spiro atoms. The number of rotatable bonds is 12. The summed E-state index contributed by atoms with van der Waals surface area (Å²) >= 11 is 7.98. The van der Waals surface area contributed by atoms with Crippen LogP contribution in [0, 0.1) is 6.92 Å². The van der Waals surface area contributed by atoms with Crippen molar-refractivity contribution in [1.29, 1.82) is 0 Å². The number of halogens is 1. The number of nitrogens with one attached hydrogen (secondary N) is 1. The number of aryl methyl sites for hydroxylation is 1. The molecule has 3 aromatic rings. The predicted molar refractivity (Wildman–Crippen MR) is 144 cm³/mol. The summed E-state index contributed by atoms with van der Waals surface area (Å²) in [5.41, 5.74) is 4.21. The van der Waals surface area contributed by atoms with Crippen LogP contribution in [0.1, 0.15) is 54.2 Å². The van der Waals surface area contributed by atoms with Crippen LogP contribution in [0.2, 0.25) is 5.02 Å². The van der Waals surface area contributed by atoms with E-state index in [1.54, 1.807) is 29.5 Å².